The molecule has 0 spiro atoms. The SMILES string of the molecule is Cc1ccc(C(CN)C(O)CS(C)(=O)=O)cc1. The molecule has 0 fully saturated rings. The van der Waals surface area contributed by atoms with Gasteiger partial charge in [-0.15, -0.1) is 0 Å². The summed E-state index contributed by atoms with van der Waals surface area (Å²) < 4.78 is 22.3. The number of aryl methyl sites for hydroxylation is 1. The van der Waals surface area contributed by atoms with E-state index in [1.54, 1.807) is 0 Å². The molecule has 0 radical (unpaired) electrons. The van der Waals surface area contributed by atoms with Crippen molar-refractivity contribution in [2.45, 2.75) is 18.9 Å². The van der Waals surface area contributed by atoms with E-state index in [0.717, 1.165) is 17.4 Å². The van der Waals surface area contributed by atoms with Gasteiger partial charge in [0.25, 0.3) is 0 Å². The fourth-order valence-corrected chi connectivity index (χ4v) is 2.61. The van der Waals surface area contributed by atoms with E-state index in [9.17, 15) is 13.5 Å². The van der Waals surface area contributed by atoms with E-state index < -0.39 is 15.9 Å². The molecule has 0 aromatic heterocycles. The topological polar surface area (TPSA) is 80.4 Å². The molecule has 0 saturated heterocycles. The molecule has 0 amide bonds. The van der Waals surface area contributed by atoms with Crippen LogP contribution >= 0.6 is 0 Å². The number of nitrogens with two attached hydrogens (primary N) is 1. The van der Waals surface area contributed by atoms with Crippen LogP contribution in [0.3, 0.4) is 0 Å². The third-order valence-corrected chi connectivity index (χ3v) is 3.64. The van der Waals surface area contributed by atoms with E-state index in [2.05, 4.69) is 0 Å². The van der Waals surface area contributed by atoms with E-state index in [0.29, 0.717) is 0 Å². The first kappa shape index (κ1) is 14.2. The van der Waals surface area contributed by atoms with Crippen LogP contribution in [0.5, 0.6) is 0 Å². The van der Waals surface area contributed by atoms with Crippen LogP contribution in [0.1, 0.15) is 17.0 Å². The van der Waals surface area contributed by atoms with Gasteiger partial charge in [0.15, 0.2) is 0 Å². The molecule has 5 heteroatoms. The lowest BCUT2D eigenvalue weighted by Crippen LogP contribution is -2.31. The van der Waals surface area contributed by atoms with E-state index in [1.165, 1.54) is 0 Å². The fourth-order valence-electron chi connectivity index (χ4n) is 1.76. The van der Waals surface area contributed by atoms with Crippen LogP contribution in [-0.4, -0.2) is 38.2 Å². The Bertz CT molecular complexity index is 453. The Hall–Kier alpha value is -0.910. The lowest BCUT2D eigenvalue weighted by molar-refractivity contribution is 0.167. The zero-order valence-electron chi connectivity index (χ0n) is 10.1. The average Bonchev–Trinajstić information content (AvgIpc) is 2.19. The maximum absolute atomic E-state index is 11.1. The smallest absolute Gasteiger partial charge is 0.150 e. The molecule has 17 heavy (non-hydrogen) atoms. The predicted octanol–water partition coefficient (Wildman–Crippen LogP) is 0.443. The van der Waals surface area contributed by atoms with E-state index in [-0.39, 0.29) is 18.2 Å². The van der Waals surface area contributed by atoms with Crippen LogP contribution in [0.25, 0.3) is 0 Å². The first-order valence-corrected chi connectivity index (χ1v) is 7.52. The van der Waals surface area contributed by atoms with Crippen molar-refractivity contribution in [1.82, 2.24) is 0 Å². The Morgan fingerprint density at radius 2 is 1.82 bits per heavy atom. The first-order valence-electron chi connectivity index (χ1n) is 5.46. The molecule has 2 unspecified atom stereocenters. The highest BCUT2D eigenvalue weighted by Gasteiger charge is 2.23. The molecule has 0 saturated carbocycles. The van der Waals surface area contributed by atoms with Crippen molar-refractivity contribution < 1.29 is 13.5 Å². The normalized spacial score (nSPS) is 15.5. The summed E-state index contributed by atoms with van der Waals surface area (Å²) in [5.74, 6) is -0.603. The van der Waals surface area contributed by atoms with Gasteiger partial charge in [-0.05, 0) is 12.5 Å². The van der Waals surface area contributed by atoms with Crippen molar-refractivity contribution in [1.29, 1.82) is 0 Å². The lowest BCUT2D eigenvalue weighted by atomic mass is 9.94. The Kier molecular flexibility index (Phi) is 4.68. The molecule has 96 valence electrons. The van der Waals surface area contributed by atoms with Gasteiger partial charge in [-0.3, -0.25) is 0 Å². The predicted molar refractivity (Wildman–Crippen MR) is 68.7 cm³/mol. The van der Waals surface area contributed by atoms with Crippen LogP contribution in [0.2, 0.25) is 0 Å². The molecule has 0 bridgehead atoms. The first-order chi connectivity index (χ1) is 7.83. The van der Waals surface area contributed by atoms with Gasteiger partial charge < -0.3 is 10.8 Å². The van der Waals surface area contributed by atoms with Gasteiger partial charge in [0.05, 0.1) is 11.9 Å². The molecule has 4 nitrogen and oxygen atoms in total. The molecular formula is C12H19NO3S. The minimum absolute atomic E-state index is 0.222. The van der Waals surface area contributed by atoms with Crippen LogP contribution < -0.4 is 5.73 Å². The van der Waals surface area contributed by atoms with Gasteiger partial charge in [0.2, 0.25) is 0 Å². The number of aliphatic hydroxyl groups is 1. The summed E-state index contributed by atoms with van der Waals surface area (Å²) in [6.07, 6.45) is 0.150. The number of sulfone groups is 1. The molecule has 0 aliphatic carbocycles. The molecule has 0 aliphatic heterocycles. The second-order valence-electron chi connectivity index (χ2n) is 4.41. The standard InChI is InChI=1S/C12H19NO3S/c1-9-3-5-10(6-4-9)11(7-13)12(14)8-17(2,15)16/h3-6,11-12,14H,7-8,13H2,1-2H3. The zero-order valence-corrected chi connectivity index (χ0v) is 10.9. The third kappa shape index (κ3) is 4.46. The van der Waals surface area contributed by atoms with Crippen molar-refractivity contribution in [2.75, 3.05) is 18.6 Å². The zero-order chi connectivity index (χ0) is 13.1. The third-order valence-electron chi connectivity index (χ3n) is 2.70. The molecule has 1 aromatic rings. The fraction of sp³-hybridized carbons (Fsp3) is 0.500. The lowest BCUT2D eigenvalue weighted by Gasteiger charge is -2.21. The summed E-state index contributed by atoms with van der Waals surface area (Å²) in [7, 11) is -3.20. The Labute approximate surface area is 102 Å². The monoisotopic (exact) mass is 257 g/mol. The number of aliphatic hydroxyl groups excluding tert-OH is 1. The molecular weight excluding hydrogens is 238 g/mol. The van der Waals surface area contributed by atoms with Crippen molar-refractivity contribution in [3.05, 3.63) is 35.4 Å². The summed E-state index contributed by atoms with van der Waals surface area (Å²) in [5, 5.41) is 9.91. The van der Waals surface area contributed by atoms with Crippen molar-refractivity contribution in [3.63, 3.8) is 0 Å². The van der Waals surface area contributed by atoms with Gasteiger partial charge >= 0.3 is 0 Å². The Balaban J connectivity index is 2.88. The summed E-state index contributed by atoms with van der Waals surface area (Å²) in [4.78, 5) is 0. The van der Waals surface area contributed by atoms with Crippen molar-refractivity contribution in [3.8, 4) is 0 Å². The second kappa shape index (κ2) is 5.62. The molecule has 3 N–H and O–H groups in total. The van der Waals surface area contributed by atoms with E-state index in [1.807, 2.05) is 31.2 Å². The number of rotatable bonds is 5. The van der Waals surface area contributed by atoms with Gasteiger partial charge in [0.1, 0.15) is 9.84 Å². The molecule has 2 atom stereocenters. The van der Waals surface area contributed by atoms with E-state index in [4.69, 9.17) is 5.73 Å². The van der Waals surface area contributed by atoms with Crippen LogP contribution in [0.4, 0.5) is 0 Å². The molecule has 0 aliphatic rings. The van der Waals surface area contributed by atoms with Crippen LogP contribution in [0, 0.1) is 6.92 Å². The number of hydrogen-bond donors (Lipinski definition) is 2. The number of hydrogen-bond acceptors (Lipinski definition) is 4. The molecule has 1 aromatic carbocycles. The highest BCUT2D eigenvalue weighted by atomic mass is 32.2. The Morgan fingerprint density at radius 3 is 2.24 bits per heavy atom. The van der Waals surface area contributed by atoms with Crippen molar-refractivity contribution >= 4 is 9.84 Å². The van der Waals surface area contributed by atoms with Gasteiger partial charge in [0, 0.05) is 18.7 Å². The number of benzene rings is 1. The quantitative estimate of drug-likeness (QED) is 0.802. The minimum Gasteiger partial charge on any atom is -0.391 e. The average molecular weight is 257 g/mol. The summed E-state index contributed by atoms with van der Waals surface area (Å²) in [5.41, 5.74) is 7.59. The second-order valence-corrected chi connectivity index (χ2v) is 6.60. The largest absolute Gasteiger partial charge is 0.391 e. The highest BCUT2D eigenvalue weighted by molar-refractivity contribution is 7.90. The van der Waals surface area contributed by atoms with Crippen molar-refractivity contribution in [2.24, 2.45) is 5.73 Å². The maximum atomic E-state index is 11.1. The minimum atomic E-state index is -3.20. The Morgan fingerprint density at radius 1 is 1.29 bits per heavy atom. The van der Waals surface area contributed by atoms with Crippen LogP contribution in [0.15, 0.2) is 24.3 Å². The van der Waals surface area contributed by atoms with Crippen LogP contribution in [-0.2, 0) is 9.84 Å². The molecule has 1 rings (SSSR count). The van der Waals surface area contributed by atoms with Gasteiger partial charge in [-0.2, -0.15) is 0 Å². The molecule has 0 heterocycles. The van der Waals surface area contributed by atoms with Gasteiger partial charge in [-0.1, -0.05) is 29.8 Å². The highest BCUT2D eigenvalue weighted by Crippen LogP contribution is 2.20. The summed E-state index contributed by atoms with van der Waals surface area (Å²) in [6.45, 7) is 2.19. The summed E-state index contributed by atoms with van der Waals surface area (Å²) in [6, 6.07) is 7.59. The van der Waals surface area contributed by atoms with Gasteiger partial charge in [-0.25, -0.2) is 8.42 Å². The van der Waals surface area contributed by atoms with E-state index >= 15 is 0 Å². The maximum Gasteiger partial charge on any atom is 0.150 e. The summed E-state index contributed by atoms with van der Waals surface area (Å²) >= 11 is 0.